The molecule has 1 fully saturated rings. The first-order chi connectivity index (χ1) is 11.7. The second-order valence-electron chi connectivity index (χ2n) is 6.29. The Morgan fingerprint density at radius 3 is 2.00 bits per heavy atom. The summed E-state index contributed by atoms with van der Waals surface area (Å²) in [6.07, 6.45) is 4.89. The second-order valence-corrected chi connectivity index (χ2v) is 7.16. The van der Waals surface area contributed by atoms with Gasteiger partial charge in [-0.15, -0.1) is 0 Å². The first-order valence-corrected chi connectivity index (χ1v) is 9.34. The van der Waals surface area contributed by atoms with Gasteiger partial charge in [0.05, 0.1) is 0 Å². The summed E-state index contributed by atoms with van der Waals surface area (Å²) >= 11 is 12.0. The van der Waals surface area contributed by atoms with Crippen molar-refractivity contribution in [3.05, 3.63) is 58.6 Å². The highest BCUT2D eigenvalue weighted by Gasteiger charge is 2.22. The fourth-order valence-electron chi connectivity index (χ4n) is 3.16. The molecule has 1 heterocycles. The molecule has 0 saturated carbocycles. The molecule has 3 rings (SSSR count). The van der Waals surface area contributed by atoms with Gasteiger partial charge in [0.2, 0.25) is 0 Å². The topological polar surface area (TPSA) is 21.3 Å². The van der Waals surface area contributed by atoms with Crippen LogP contribution >= 0.6 is 23.2 Å². The standard InChI is InChI=1S/C19H22BCl2NO/c21-17-8-4-15(5-9-17)20(16-6-10-18(22)11-7-16)24-14-12-19-3-1-2-13-23-19/h4-11,19,23H,1-3,12-14H2. The van der Waals surface area contributed by atoms with Crippen molar-refractivity contribution in [1.82, 2.24) is 5.32 Å². The van der Waals surface area contributed by atoms with Crippen LogP contribution in [0.1, 0.15) is 25.7 Å². The van der Waals surface area contributed by atoms with E-state index < -0.39 is 0 Å². The fourth-order valence-corrected chi connectivity index (χ4v) is 3.41. The summed E-state index contributed by atoms with van der Waals surface area (Å²) in [6, 6.07) is 16.3. The fraction of sp³-hybridized carbons (Fsp3) is 0.368. The minimum Gasteiger partial charge on any atom is -0.427 e. The van der Waals surface area contributed by atoms with Gasteiger partial charge in [0.15, 0.2) is 0 Å². The molecule has 1 atom stereocenters. The zero-order valence-electron chi connectivity index (χ0n) is 13.7. The molecule has 2 nitrogen and oxygen atoms in total. The van der Waals surface area contributed by atoms with Crippen LogP contribution in [0.3, 0.4) is 0 Å². The zero-order valence-corrected chi connectivity index (χ0v) is 15.2. The van der Waals surface area contributed by atoms with E-state index in [1.165, 1.54) is 19.3 Å². The lowest BCUT2D eigenvalue weighted by atomic mass is 9.55. The third-order valence-electron chi connectivity index (χ3n) is 4.51. The van der Waals surface area contributed by atoms with Crippen LogP contribution in [0.4, 0.5) is 0 Å². The number of nitrogens with one attached hydrogen (secondary N) is 1. The van der Waals surface area contributed by atoms with Crippen LogP contribution in [0.15, 0.2) is 48.5 Å². The third-order valence-corrected chi connectivity index (χ3v) is 5.01. The van der Waals surface area contributed by atoms with E-state index in [1.807, 2.05) is 48.5 Å². The summed E-state index contributed by atoms with van der Waals surface area (Å²) in [4.78, 5) is 0. The minimum atomic E-state index is -0.0943. The van der Waals surface area contributed by atoms with Crippen molar-refractivity contribution in [3.63, 3.8) is 0 Å². The average molecular weight is 362 g/mol. The maximum atomic E-state index is 6.27. The first-order valence-electron chi connectivity index (χ1n) is 8.58. The Balaban J connectivity index is 1.69. The Hall–Kier alpha value is -0.995. The van der Waals surface area contributed by atoms with Gasteiger partial charge in [-0.1, -0.05) is 53.9 Å². The summed E-state index contributed by atoms with van der Waals surface area (Å²) in [5, 5.41) is 5.04. The molecule has 5 heteroatoms. The predicted molar refractivity (Wildman–Crippen MR) is 104 cm³/mol. The highest BCUT2D eigenvalue weighted by Crippen LogP contribution is 2.11. The van der Waals surface area contributed by atoms with E-state index in [-0.39, 0.29) is 6.92 Å². The maximum Gasteiger partial charge on any atom is 0.361 e. The molecule has 2 aromatic rings. The molecule has 24 heavy (non-hydrogen) atoms. The van der Waals surface area contributed by atoms with Gasteiger partial charge in [0.25, 0.3) is 0 Å². The van der Waals surface area contributed by atoms with Crippen LogP contribution in [0.2, 0.25) is 10.0 Å². The van der Waals surface area contributed by atoms with E-state index in [4.69, 9.17) is 27.9 Å². The van der Waals surface area contributed by atoms with Crippen molar-refractivity contribution >= 4 is 41.0 Å². The van der Waals surface area contributed by atoms with Crippen molar-refractivity contribution in [1.29, 1.82) is 0 Å². The van der Waals surface area contributed by atoms with Crippen LogP contribution in [-0.4, -0.2) is 26.1 Å². The molecule has 0 aromatic heterocycles. The quantitative estimate of drug-likeness (QED) is 0.793. The van der Waals surface area contributed by atoms with Crippen molar-refractivity contribution in [2.45, 2.75) is 31.7 Å². The number of rotatable bonds is 6. The molecule has 0 bridgehead atoms. The summed E-state index contributed by atoms with van der Waals surface area (Å²) in [6.45, 7) is 1.76. The zero-order chi connectivity index (χ0) is 16.8. The van der Waals surface area contributed by atoms with E-state index in [1.54, 1.807) is 0 Å². The largest absolute Gasteiger partial charge is 0.427 e. The molecule has 126 valence electrons. The predicted octanol–water partition coefficient (Wildman–Crippen LogP) is 3.65. The van der Waals surface area contributed by atoms with Gasteiger partial charge < -0.3 is 9.97 Å². The molecule has 1 aliphatic rings. The summed E-state index contributed by atoms with van der Waals surface area (Å²) < 4.78 is 6.27. The third kappa shape index (κ3) is 5.00. The first kappa shape index (κ1) is 17.8. The molecule has 1 unspecified atom stereocenters. The molecule has 0 aliphatic carbocycles. The van der Waals surface area contributed by atoms with Gasteiger partial charge in [-0.2, -0.15) is 0 Å². The molecular weight excluding hydrogens is 340 g/mol. The van der Waals surface area contributed by atoms with Crippen molar-refractivity contribution in [2.24, 2.45) is 0 Å². The molecule has 1 aliphatic heterocycles. The number of hydrogen-bond acceptors (Lipinski definition) is 2. The van der Waals surface area contributed by atoms with Gasteiger partial charge in [-0.25, -0.2) is 0 Å². The molecule has 0 amide bonds. The van der Waals surface area contributed by atoms with Gasteiger partial charge >= 0.3 is 6.92 Å². The Bertz CT molecular complexity index is 581. The SMILES string of the molecule is Clc1ccc(B(OCCC2CCCCN2)c2ccc(Cl)cc2)cc1. The number of halogens is 2. The Morgan fingerprint density at radius 1 is 0.917 bits per heavy atom. The van der Waals surface area contributed by atoms with Crippen LogP contribution in [0, 0.1) is 0 Å². The Kier molecular flexibility index (Phi) is 6.62. The van der Waals surface area contributed by atoms with E-state index in [0.717, 1.165) is 40.5 Å². The van der Waals surface area contributed by atoms with Gasteiger partial charge in [0, 0.05) is 22.7 Å². The van der Waals surface area contributed by atoms with Crippen molar-refractivity contribution < 1.29 is 4.65 Å². The lowest BCUT2D eigenvalue weighted by Crippen LogP contribution is -2.46. The molecular formula is C19H22BCl2NO. The molecule has 0 spiro atoms. The van der Waals surface area contributed by atoms with Gasteiger partial charge in [-0.3, -0.25) is 0 Å². The van der Waals surface area contributed by atoms with Crippen LogP contribution in [0.5, 0.6) is 0 Å². The van der Waals surface area contributed by atoms with Crippen LogP contribution in [-0.2, 0) is 4.65 Å². The highest BCUT2D eigenvalue weighted by molar-refractivity contribution is 6.80. The molecule has 2 aromatic carbocycles. The Labute approximate surface area is 154 Å². The summed E-state index contributed by atoms with van der Waals surface area (Å²) in [7, 11) is 0. The van der Waals surface area contributed by atoms with E-state index in [0.29, 0.717) is 6.04 Å². The van der Waals surface area contributed by atoms with Crippen molar-refractivity contribution in [2.75, 3.05) is 13.2 Å². The number of piperidine rings is 1. The van der Waals surface area contributed by atoms with E-state index >= 15 is 0 Å². The lowest BCUT2D eigenvalue weighted by molar-refractivity contribution is 0.276. The molecule has 1 saturated heterocycles. The van der Waals surface area contributed by atoms with Crippen LogP contribution < -0.4 is 16.2 Å². The highest BCUT2D eigenvalue weighted by atomic mass is 35.5. The second kappa shape index (κ2) is 8.91. The van der Waals surface area contributed by atoms with Gasteiger partial charge in [0.1, 0.15) is 0 Å². The summed E-state index contributed by atoms with van der Waals surface area (Å²) in [5.41, 5.74) is 2.22. The maximum absolute atomic E-state index is 6.27. The van der Waals surface area contributed by atoms with Crippen LogP contribution in [0.25, 0.3) is 0 Å². The molecule has 0 radical (unpaired) electrons. The normalized spacial score (nSPS) is 17.7. The number of hydrogen-bond donors (Lipinski definition) is 1. The van der Waals surface area contributed by atoms with Gasteiger partial charge in [-0.05, 0) is 61.0 Å². The smallest absolute Gasteiger partial charge is 0.361 e. The van der Waals surface area contributed by atoms with E-state index in [2.05, 4.69) is 5.32 Å². The minimum absolute atomic E-state index is 0.0943. The monoisotopic (exact) mass is 361 g/mol. The average Bonchev–Trinajstić information content (AvgIpc) is 2.62. The Morgan fingerprint density at radius 2 is 1.50 bits per heavy atom. The molecule has 1 N–H and O–H groups in total. The van der Waals surface area contributed by atoms with E-state index in [9.17, 15) is 0 Å². The lowest BCUT2D eigenvalue weighted by Gasteiger charge is -2.24. The summed E-state index contributed by atoms with van der Waals surface area (Å²) in [5.74, 6) is 0. The number of benzene rings is 2. The van der Waals surface area contributed by atoms with Crippen molar-refractivity contribution in [3.8, 4) is 0 Å².